The van der Waals surface area contributed by atoms with E-state index in [2.05, 4.69) is 35.6 Å². The Labute approximate surface area is 188 Å². The molecule has 4 rings (SSSR count). The van der Waals surface area contributed by atoms with Gasteiger partial charge in [0.15, 0.2) is 0 Å². The fourth-order valence-corrected chi connectivity index (χ4v) is 4.42. The van der Waals surface area contributed by atoms with Crippen molar-refractivity contribution in [2.24, 2.45) is 0 Å². The van der Waals surface area contributed by atoms with Crippen molar-refractivity contribution < 1.29 is 9.18 Å². The summed E-state index contributed by atoms with van der Waals surface area (Å²) in [5.74, 6) is -0.185. The van der Waals surface area contributed by atoms with Gasteiger partial charge in [-0.15, -0.1) is 6.58 Å². The number of halogens is 1. The van der Waals surface area contributed by atoms with Gasteiger partial charge in [0, 0.05) is 49.4 Å². The molecule has 5 nitrogen and oxygen atoms in total. The Morgan fingerprint density at radius 3 is 2.72 bits per heavy atom. The first-order valence-corrected chi connectivity index (χ1v) is 11.2. The summed E-state index contributed by atoms with van der Waals surface area (Å²) < 4.78 is 15.5. The molecule has 1 aromatic heterocycles. The number of amides is 1. The highest BCUT2D eigenvalue weighted by Gasteiger charge is 2.21. The summed E-state index contributed by atoms with van der Waals surface area (Å²) in [5, 5.41) is 7.94. The highest BCUT2D eigenvalue weighted by molar-refractivity contribution is 6.04. The van der Waals surface area contributed by atoms with E-state index in [9.17, 15) is 9.18 Å². The number of nitrogens with zero attached hydrogens (tertiary/aromatic N) is 2. The summed E-state index contributed by atoms with van der Waals surface area (Å²) in [4.78, 5) is 15.3. The van der Waals surface area contributed by atoms with Gasteiger partial charge in [0.05, 0.1) is 11.2 Å². The Balaban J connectivity index is 1.76. The lowest BCUT2D eigenvalue weighted by atomic mass is 10.1. The fourth-order valence-electron chi connectivity index (χ4n) is 4.42. The molecule has 1 saturated heterocycles. The third-order valence-corrected chi connectivity index (χ3v) is 6.31. The van der Waals surface area contributed by atoms with E-state index >= 15 is 0 Å². The van der Waals surface area contributed by atoms with Crippen LogP contribution in [0.2, 0.25) is 0 Å². The molecule has 6 heteroatoms. The van der Waals surface area contributed by atoms with Crippen LogP contribution in [0.4, 0.5) is 10.1 Å². The van der Waals surface area contributed by atoms with Gasteiger partial charge in [-0.3, -0.25) is 4.79 Å². The van der Waals surface area contributed by atoms with Crippen molar-refractivity contribution in [3.05, 3.63) is 77.3 Å². The fraction of sp³-hybridized carbons (Fsp3) is 0.346. The molecule has 1 fully saturated rings. The van der Waals surface area contributed by atoms with Crippen LogP contribution < -0.4 is 10.6 Å². The van der Waals surface area contributed by atoms with E-state index in [1.54, 1.807) is 12.1 Å². The second-order valence-corrected chi connectivity index (χ2v) is 8.41. The van der Waals surface area contributed by atoms with Crippen molar-refractivity contribution in [3.63, 3.8) is 0 Å². The number of carbonyl (C=O) groups is 1. The van der Waals surface area contributed by atoms with Crippen molar-refractivity contribution in [2.45, 2.75) is 33.4 Å². The molecule has 32 heavy (non-hydrogen) atoms. The molecule has 168 valence electrons. The largest absolute Gasteiger partial charge is 0.379 e. The Morgan fingerprint density at radius 2 is 1.97 bits per heavy atom. The molecule has 0 bridgehead atoms. The first-order valence-electron chi connectivity index (χ1n) is 11.2. The van der Waals surface area contributed by atoms with Gasteiger partial charge in [-0.05, 0) is 62.2 Å². The minimum absolute atomic E-state index is 0.0638. The van der Waals surface area contributed by atoms with Crippen molar-refractivity contribution in [2.75, 3.05) is 31.5 Å². The maximum atomic E-state index is 13.4. The van der Waals surface area contributed by atoms with E-state index in [4.69, 9.17) is 0 Å². The average Bonchev–Trinajstić information content (AvgIpc) is 2.99. The van der Waals surface area contributed by atoms with E-state index in [0.29, 0.717) is 25.2 Å². The molecular formula is C26H31FN4O. The number of carbonyl (C=O) groups excluding carboxylic acids is 1. The number of hydrogen-bond acceptors (Lipinski definition) is 3. The monoisotopic (exact) mass is 434 g/mol. The first kappa shape index (κ1) is 22.1. The normalized spacial score (nSPS) is 14.4. The van der Waals surface area contributed by atoms with Gasteiger partial charge in [0.25, 0.3) is 5.91 Å². The molecule has 0 radical (unpaired) electrons. The van der Waals surface area contributed by atoms with Crippen LogP contribution in [0.1, 0.15) is 33.6 Å². The molecule has 0 atom stereocenters. The van der Waals surface area contributed by atoms with Crippen molar-refractivity contribution in [1.29, 1.82) is 0 Å². The number of fused-ring (bicyclic) bond motifs is 1. The minimum atomic E-state index is -0.248. The number of allylic oxidation sites excluding steroid dienone is 1. The van der Waals surface area contributed by atoms with Gasteiger partial charge in [0.2, 0.25) is 0 Å². The molecule has 1 aliphatic rings. The van der Waals surface area contributed by atoms with Crippen molar-refractivity contribution >= 4 is 22.5 Å². The molecule has 0 unspecified atom stereocenters. The maximum Gasteiger partial charge on any atom is 0.253 e. The van der Waals surface area contributed by atoms with E-state index in [0.717, 1.165) is 53.9 Å². The van der Waals surface area contributed by atoms with Gasteiger partial charge < -0.3 is 20.1 Å². The van der Waals surface area contributed by atoms with E-state index in [-0.39, 0.29) is 11.7 Å². The molecule has 2 heterocycles. The molecule has 3 aromatic rings. The number of benzene rings is 2. The van der Waals surface area contributed by atoms with Crippen LogP contribution in [0.25, 0.3) is 10.9 Å². The predicted octanol–water partition coefficient (Wildman–Crippen LogP) is 4.63. The van der Waals surface area contributed by atoms with Crippen LogP contribution in [0.3, 0.4) is 0 Å². The minimum Gasteiger partial charge on any atom is -0.379 e. The standard InChI is InChI=1S/C26H31FN4O/c1-4-12-31-19(3)18(2)23-15-21(26(32)30-13-5-10-28-11-14-30)16-24(25(23)31)29-17-20-6-8-22(27)9-7-20/h4,6-9,15-16,28-29H,1,5,10-14,17H2,2-3H3. The number of anilines is 1. The molecule has 2 N–H and O–H groups in total. The number of hydrogen-bond donors (Lipinski definition) is 2. The van der Waals surface area contributed by atoms with E-state index < -0.39 is 0 Å². The molecular weight excluding hydrogens is 403 g/mol. The second kappa shape index (κ2) is 9.57. The number of nitrogens with one attached hydrogen (secondary N) is 2. The zero-order valence-corrected chi connectivity index (χ0v) is 18.9. The van der Waals surface area contributed by atoms with Crippen LogP contribution in [-0.2, 0) is 13.1 Å². The average molecular weight is 435 g/mol. The lowest BCUT2D eigenvalue weighted by Gasteiger charge is -2.21. The quantitative estimate of drug-likeness (QED) is 0.556. The number of aromatic nitrogens is 1. The van der Waals surface area contributed by atoms with Crippen molar-refractivity contribution in [3.8, 4) is 0 Å². The third kappa shape index (κ3) is 4.41. The first-order chi connectivity index (χ1) is 15.5. The van der Waals surface area contributed by atoms with E-state index in [1.807, 2.05) is 23.1 Å². The predicted molar refractivity (Wildman–Crippen MR) is 129 cm³/mol. The van der Waals surface area contributed by atoms with Gasteiger partial charge >= 0.3 is 0 Å². The zero-order valence-electron chi connectivity index (χ0n) is 18.9. The zero-order chi connectivity index (χ0) is 22.7. The van der Waals surface area contributed by atoms with Gasteiger partial charge in [-0.25, -0.2) is 4.39 Å². The summed E-state index contributed by atoms with van der Waals surface area (Å²) in [7, 11) is 0. The van der Waals surface area contributed by atoms with Gasteiger partial charge in [0.1, 0.15) is 5.82 Å². The lowest BCUT2D eigenvalue weighted by molar-refractivity contribution is 0.0766. The number of rotatable bonds is 6. The molecule has 0 saturated carbocycles. The molecule has 0 spiro atoms. The number of aryl methyl sites for hydroxylation is 1. The summed E-state index contributed by atoms with van der Waals surface area (Å²) in [6.07, 6.45) is 2.84. The molecule has 1 amide bonds. The van der Waals surface area contributed by atoms with Gasteiger partial charge in [-0.1, -0.05) is 18.2 Å². The Kier molecular flexibility index (Phi) is 6.61. The molecule has 1 aliphatic heterocycles. The van der Waals surface area contributed by atoms with Crippen LogP contribution in [0.15, 0.2) is 49.1 Å². The second-order valence-electron chi connectivity index (χ2n) is 8.41. The Morgan fingerprint density at radius 1 is 1.19 bits per heavy atom. The SMILES string of the molecule is C=CCn1c(C)c(C)c2cc(C(=O)N3CCCNCC3)cc(NCc3ccc(F)cc3)c21. The van der Waals surface area contributed by atoms with E-state index in [1.165, 1.54) is 17.7 Å². The van der Waals surface area contributed by atoms with Crippen LogP contribution in [0.5, 0.6) is 0 Å². The summed E-state index contributed by atoms with van der Waals surface area (Å²) >= 11 is 0. The van der Waals surface area contributed by atoms with Gasteiger partial charge in [-0.2, -0.15) is 0 Å². The third-order valence-electron chi connectivity index (χ3n) is 6.31. The highest BCUT2D eigenvalue weighted by Crippen LogP contribution is 2.33. The van der Waals surface area contributed by atoms with Crippen LogP contribution in [0, 0.1) is 19.7 Å². The summed E-state index contributed by atoms with van der Waals surface area (Å²) in [5.41, 5.74) is 5.97. The topological polar surface area (TPSA) is 49.3 Å². The summed E-state index contributed by atoms with van der Waals surface area (Å²) in [6.45, 7) is 12.6. The smallest absolute Gasteiger partial charge is 0.253 e. The van der Waals surface area contributed by atoms with Crippen LogP contribution >= 0.6 is 0 Å². The van der Waals surface area contributed by atoms with Crippen LogP contribution in [-0.4, -0.2) is 41.6 Å². The Bertz CT molecular complexity index is 1130. The Hall–Kier alpha value is -3.12. The summed E-state index contributed by atoms with van der Waals surface area (Å²) in [6, 6.07) is 10.5. The van der Waals surface area contributed by atoms with Crippen molar-refractivity contribution in [1.82, 2.24) is 14.8 Å². The molecule has 0 aliphatic carbocycles. The lowest BCUT2D eigenvalue weighted by Crippen LogP contribution is -2.34. The molecule has 2 aromatic carbocycles. The maximum absolute atomic E-state index is 13.4. The highest BCUT2D eigenvalue weighted by atomic mass is 19.1.